The normalized spacial score (nSPS) is 12.3. The van der Waals surface area contributed by atoms with Gasteiger partial charge in [-0.1, -0.05) is 25.1 Å². The molecule has 3 rings (SSSR count). The third-order valence-electron chi connectivity index (χ3n) is 4.45. The molecule has 0 saturated heterocycles. The fourth-order valence-electron chi connectivity index (χ4n) is 3.02. The van der Waals surface area contributed by atoms with E-state index in [2.05, 4.69) is 15.9 Å². The molecule has 0 aliphatic carbocycles. The van der Waals surface area contributed by atoms with Gasteiger partial charge in [-0.2, -0.15) is 0 Å². The number of hydrogen-bond acceptors (Lipinski definition) is 3. The van der Waals surface area contributed by atoms with Gasteiger partial charge >= 0.3 is 5.97 Å². The molecule has 0 fully saturated rings. The maximum absolute atomic E-state index is 11.5. The van der Waals surface area contributed by atoms with Crippen molar-refractivity contribution in [2.24, 2.45) is 0 Å². The van der Waals surface area contributed by atoms with Crippen molar-refractivity contribution in [3.05, 3.63) is 63.8 Å². The number of halogens is 1. The highest BCUT2D eigenvalue weighted by atomic mass is 79.9. The van der Waals surface area contributed by atoms with Gasteiger partial charge in [-0.15, -0.1) is 0 Å². The average molecular weight is 403 g/mol. The van der Waals surface area contributed by atoms with E-state index >= 15 is 0 Å². The van der Waals surface area contributed by atoms with Gasteiger partial charge in [-0.05, 0) is 58.6 Å². The second-order valence-electron chi connectivity index (χ2n) is 5.93. The topological polar surface area (TPSA) is 59.7 Å². The smallest absolute Gasteiger partial charge is 0.311 e. The number of para-hydroxylation sites is 1. The highest BCUT2D eigenvalue weighted by molar-refractivity contribution is 9.10. The molecule has 0 bridgehead atoms. The van der Waals surface area contributed by atoms with Gasteiger partial charge in [-0.25, -0.2) is 0 Å². The number of aliphatic carboxylic acids is 1. The van der Waals surface area contributed by atoms with E-state index in [1.165, 1.54) is 0 Å². The van der Waals surface area contributed by atoms with Gasteiger partial charge in [0.1, 0.15) is 17.9 Å². The fraction of sp³-hybridized carbons (Fsp3) is 0.250. The number of carbonyl (C=O) groups is 1. The Morgan fingerprint density at radius 2 is 2.08 bits per heavy atom. The third kappa shape index (κ3) is 3.42. The van der Waals surface area contributed by atoms with Crippen molar-refractivity contribution < 1.29 is 19.1 Å². The number of rotatable bonds is 6. The van der Waals surface area contributed by atoms with Crippen molar-refractivity contribution in [3.8, 4) is 5.75 Å². The van der Waals surface area contributed by atoms with Crippen molar-refractivity contribution in [1.29, 1.82) is 0 Å². The number of carboxylic acid groups (broad SMARTS) is 1. The van der Waals surface area contributed by atoms with Crippen LogP contribution in [0.3, 0.4) is 0 Å². The highest BCUT2D eigenvalue weighted by Gasteiger charge is 2.21. The molecule has 3 aromatic rings. The van der Waals surface area contributed by atoms with Crippen LogP contribution < -0.4 is 4.74 Å². The molecule has 0 radical (unpaired) electrons. The van der Waals surface area contributed by atoms with Gasteiger partial charge in [0, 0.05) is 10.9 Å². The summed E-state index contributed by atoms with van der Waals surface area (Å²) in [5.74, 6) is -0.794. The molecule has 130 valence electrons. The molecule has 2 aromatic carbocycles. The Labute approximate surface area is 154 Å². The molecular weight excluding hydrogens is 384 g/mol. The van der Waals surface area contributed by atoms with Gasteiger partial charge in [0.2, 0.25) is 0 Å². The minimum absolute atomic E-state index is 0.360. The number of hydrogen-bond donors (Lipinski definition) is 1. The number of aryl methyl sites for hydroxylation is 1. The van der Waals surface area contributed by atoms with Crippen molar-refractivity contribution in [3.63, 3.8) is 0 Å². The number of ether oxygens (including phenoxy) is 1. The molecule has 0 saturated carbocycles. The maximum atomic E-state index is 11.5. The Bertz CT molecular complexity index is 913. The molecule has 0 spiro atoms. The lowest BCUT2D eigenvalue weighted by molar-refractivity contribution is -0.138. The van der Waals surface area contributed by atoms with Crippen LogP contribution in [-0.4, -0.2) is 11.1 Å². The van der Waals surface area contributed by atoms with Crippen molar-refractivity contribution >= 4 is 32.9 Å². The second kappa shape index (κ2) is 7.31. The quantitative estimate of drug-likeness (QED) is 0.577. The van der Waals surface area contributed by atoms with Crippen molar-refractivity contribution in [2.45, 2.75) is 32.8 Å². The molecule has 1 aromatic heterocycles. The Morgan fingerprint density at radius 3 is 2.80 bits per heavy atom. The van der Waals surface area contributed by atoms with E-state index in [1.54, 1.807) is 6.26 Å². The van der Waals surface area contributed by atoms with Gasteiger partial charge in [-0.3, -0.25) is 4.79 Å². The first kappa shape index (κ1) is 17.5. The lowest BCUT2D eigenvalue weighted by Gasteiger charge is -2.17. The summed E-state index contributed by atoms with van der Waals surface area (Å²) in [6.07, 6.45) is 2.18. The molecule has 1 heterocycles. The number of fused-ring (bicyclic) bond motifs is 1. The Kier molecular flexibility index (Phi) is 5.13. The molecule has 0 amide bonds. The van der Waals surface area contributed by atoms with E-state index in [9.17, 15) is 9.90 Å². The fourth-order valence-corrected chi connectivity index (χ4v) is 3.61. The maximum Gasteiger partial charge on any atom is 0.311 e. The SMILES string of the molecule is CCC(C(=O)O)c1ccccc1OCc1cc(Br)c2occc2c1C. The van der Waals surface area contributed by atoms with Gasteiger partial charge in [0.05, 0.1) is 16.7 Å². The van der Waals surface area contributed by atoms with Crippen LogP contribution in [0, 0.1) is 6.92 Å². The summed E-state index contributed by atoms with van der Waals surface area (Å²) in [6.45, 7) is 4.25. The third-order valence-corrected chi connectivity index (χ3v) is 5.04. The van der Waals surface area contributed by atoms with Crippen LogP contribution in [0.1, 0.15) is 36.0 Å². The summed E-state index contributed by atoms with van der Waals surface area (Å²) in [5.41, 5.74) is 3.64. The second-order valence-corrected chi connectivity index (χ2v) is 6.79. The van der Waals surface area contributed by atoms with Crippen LogP contribution in [0.4, 0.5) is 0 Å². The van der Waals surface area contributed by atoms with E-state index in [-0.39, 0.29) is 0 Å². The zero-order valence-corrected chi connectivity index (χ0v) is 15.7. The van der Waals surface area contributed by atoms with Crippen LogP contribution in [0.2, 0.25) is 0 Å². The first-order valence-electron chi connectivity index (χ1n) is 8.12. The van der Waals surface area contributed by atoms with E-state index < -0.39 is 11.9 Å². The summed E-state index contributed by atoms with van der Waals surface area (Å²) in [7, 11) is 0. The zero-order valence-electron chi connectivity index (χ0n) is 14.1. The van der Waals surface area contributed by atoms with Crippen LogP contribution in [0.5, 0.6) is 5.75 Å². The van der Waals surface area contributed by atoms with Gasteiger partial charge in [0.25, 0.3) is 0 Å². The summed E-state index contributed by atoms with van der Waals surface area (Å²) in [4.78, 5) is 11.5. The lowest BCUT2D eigenvalue weighted by Crippen LogP contribution is -2.12. The molecule has 4 nitrogen and oxygen atoms in total. The molecule has 1 unspecified atom stereocenters. The highest BCUT2D eigenvalue weighted by Crippen LogP contribution is 2.33. The molecule has 0 aliphatic heterocycles. The summed E-state index contributed by atoms with van der Waals surface area (Å²) in [6, 6.07) is 11.3. The van der Waals surface area contributed by atoms with Crippen LogP contribution >= 0.6 is 15.9 Å². The van der Waals surface area contributed by atoms with Crippen LogP contribution in [0.25, 0.3) is 11.0 Å². The summed E-state index contributed by atoms with van der Waals surface area (Å²) < 4.78 is 12.4. The summed E-state index contributed by atoms with van der Waals surface area (Å²) in [5, 5.41) is 10.5. The number of carboxylic acids is 1. The minimum Gasteiger partial charge on any atom is -0.489 e. The van der Waals surface area contributed by atoms with E-state index in [0.29, 0.717) is 24.3 Å². The van der Waals surface area contributed by atoms with Crippen LogP contribution in [0.15, 0.2) is 51.6 Å². The minimum atomic E-state index is -0.836. The predicted octanol–water partition coefficient (Wildman–Crippen LogP) is 5.66. The molecule has 1 atom stereocenters. The molecule has 1 N–H and O–H groups in total. The monoisotopic (exact) mass is 402 g/mol. The summed E-state index contributed by atoms with van der Waals surface area (Å²) >= 11 is 3.53. The first-order valence-corrected chi connectivity index (χ1v) is 8.92. The Hall–Kier alpha value is -2.27. The number of furan rings is 1. The van der Waals surface area contributed by atoms with E-state index in [1.807, 2.05) is 50.2 Å². The predicted molar refractivity (Wildman–Crippen MR) is 100 cm³/mol. The molecule has 0 aliphatic rings. The Balaban J connectivity index is 1.90. The van der Waals surface area contributed by atoms with Gasteiger partial charge in [0.15, 0.2) is 0 Å². The first-order chi connectivity index (χ1) is 12.0. The van der Waals surface area contributed by atoms with Gasteiger partial charge < -0.3 is 14.3 Å². The molecular formula is C20H19BrO4. The number of benzene rings is 2. The van der Waals surface area contributed by atoms with E-state index in [0.717, 1.165) is 26.6 Å². The zero-order chi connectivity index (χ0) is 18.0. The molecule has 25 heavy (non-hydrogen) atoms. The lowest BCUT2D eigenvalue weighted by atomic mass is 9.96. The van der Waals surface area contributed by atoms with Crippen molar-refractivity contribution in [1.82, 2.24) is 0 Å². The standard InChI is InChI=1S/C20H19BrO4/c1-3-14(20(22)23)16-6-4-5-7-18(16)25-11-13-10-17(21)19-15(12(13)2)8-9-24-19/h4-10,14H,3,11H2,1-2H3,(H,22,23). The molecule has 5 heteroatoms. The largest absolute Gasteiger partial charge is 0.489 e. The van der Waals surface area contributed by atoms with E-state index in [4.69, 9.17) is 9.15 Å². The van der Waals surface area contributed by atoms with Crippen LogP contribution in [-0.2, 0) is 11.4 Å². The average Bonchev–Trinajstić information content (AvgIpc) is 3.09. The van der Waals surface area contributed by atoms with Crippen molar-refractivity contribution in [2.75, 3.05) is 0 Å². The Morgan fingerprint density at radius 1 is 1.32 bits per heavy atom.